The van der Waals surface area contributed by atoms with E-state index in [0.717, 1.165) is 10.2 Å². The molecule has 34 heavy (non-hydrogen) atoms. The third-order valence-electron chi connectivity index (χ3n) is 4.81. The summed E-state index contributed by atoms with van der Waals surface area (Å²) in [7, 11) is 1.56. The van der Waals surface area contributed by atoms with Crippen LogP contribution in [0.15, 0.2) is 65.1 Å². The first-order valence-electron chi connectivity index (χ1n) is 10.3. The Balaban J connectivity index is 1.67. The number of rotatable bonds is 7. The molecule has 4 aromatic rings. The molecule has 0 unspecified atom stereocenters. The van der Waals surface area contributed by atoms with E-state index < -0.39 is 5.97 Å². The van der Waals surface area contributed by atoms with Crippen LogP contribution < -0.4 is 14.2 Å². The maximum absolute atomic E-state index is 12.7. The first-order valence-corrected chi connectivity index (χ1v) is 11.9. The van der Waals surface area contributed by atoms with Crippen LogP contribution in [0.25, 0.3) is 21.9 Å². The van der Waals surface area contributed by atoms with Gasteiger partial charge in [0.2, 0.25) is 0 Å². The number of allylic oxidation sites excluding steroid dienone is 1. The molecule has 3 aromatic carbocycles. The van der Waals surface area contributed by atoms with Crippen molar-refractivity contribution in [3.05, 3.63) is 81.3 Å². The SMILES string of the molecule is CCOc1cc(/C=C(\C#N)c2nc3ccccc3s2)cc(Br)c1OC(=O)c1ccc(OC)cc1. The number of halogens is 1. The molecule has 6 nitrogen and oxygen atoms in total. The average molecular weight is 535 g/mol. The van der Waals surface area contributed by atoms with Crippen molar-refractivity contribution in [2.45, 2.75) is 6.92 Å². The summed E-state index contributed by atoms with van der Waals surface area (Å²) in [5.41, 5.74) is 2.36. The topological polar surface area (TPSA) is 81.4 Å². The lowest BCUT2D eigenvalue weighted by atomic mass is 10.1. The summed E-state index contributed by atoms with van der Waals surface area (Å²) in [6.07, 6.45) is 1.74. The first-order chi connectivity index (χ1) is 16.5. The summed E-state index contributed by atoms with van der Waals surface area (Å²) in [6.45, 7) is 2.21. The van der Waals surface area contributed by atoms with Gasteiger partial charge in [0, 0.05) is 0 Å². The van der Waals surface area contributed by atoms with E-state index in [4.69, 9.17) is 14.2 Å². The molecule has 4 rings (SSSR count). The summed E-state index contributed by atoms with van der Waals surface area (Å²) < 4.78 is 18.1. The number of ether oxygens (including phenoxy) is 3. The van der Waals surface area contributed by atoms with Crippen molar-refractivity contribution in [2.24, 2.45) is 0 Å². The van der Waals surface area contributed by atoms with Crippen LogP contribution >= 0.6 is 27.3 Å². The largest absolute Gasteiger partial charge is 0.497 e. The summed E-state index contributed by atoms with van der Waals surface area (Å²) in [5.74, 6) is 0.759. The second-order valence-corrected chi connectivity index (χ2v) is 8.92. The minimum Gasteiger partial charge on any atom is -0.497 e. The molecule has 0 bridgehead atoms. The molecule has 0 amide bonds. The number of aromatic nitrogens is 1. The normalized spacial score (nSPS) is 11.2. The molecule has 0 saturated carbocycles. The fraction of sp³-hybridized carbons (Fsp3) is 0.115. The van der Waals surface area contributed by atoms with Crippen LogP contribution in [0.2, 0.25) is 0 Å². The predicted octanol–water partition coefficient (Wildman–Crippen LogP) is 6.75. The van der Waals surface area contributed by atoms with Crippen molar-refractivity contribution in [3.8, 4) is 23.3 Å². The third kappa shape index (κ3) is 5.11. The number of benzene rings is 3. The molecule has 0 spiro atoms. The Hall–Kier alpha value is -3.67. The number of nitriles is 1. The highest BCUT2D eigenvalue weighted by atomic mass is 79.9. The van der Waals surface area contributed by atoms with Gasteiger partial charge in [-0.15, -0.1) is 11.3 Å². The van der Waals surface area contributed by atoms with Gasteiger partial charge in [0.05, 0.1) is 39.5 Å². The van der Waals surface area contributed by atoms with E-state index in [1.165, 1.54) is 11.3 Å². The van der Waals surface area contributed by atoms with Crippen molar-refractivity contribution < 1.29 is 19.0 Å². The number of fused-ring (bicyclic) bond motifs is 1. The van der Waals surface area contributed by atoms with Crippen LogP contribution in [0.5, 0.6) is 17.2 Å². The highest BCUT2D eigenvalue weighted by Crippen LogP contribution is 2.39. The van der Waals surface area contributed by atoms with Crippen LogP contribution in [0.1, 0.15) is 27.9 Å². The van der Waals surface area contributed by atoms with Crippen molar-refractivity contribution in [1.82, 2.24) is 4.98 Å². The number of esters is 1. The van der Waals surface area contributed by atoms with Crippen LogP contribution in [0.3, 0.4) is 0 Å². The molecule has 0 fully saturated rings. The Bertz CT molecular complexity index is 1390. The van der Waals surface area contributed by atoms with Crippen LogP contribution in [-0.2, 0) is 0 Å². The van der Waals surface area contributed by atoms with E-state index in [-0.39, 0.29) is 5.75 Å². The Kier molecular flexibility index (Phi) is 7.26. The van der Waals surface area contributed by atoms with Gasteiger partial charge >= 0.3 is 5.97 Å². The maximum Gasteiger partial charge on any atom is 0.343 e. The van der Waals surface area contributed by atoms with Gasteiger partial charge < -0.3 is 14.2 Å². The van der Waals surface area contributed by atoms with E-state index in [0.29, 0.717) is 44.3 Å². The number of thiazole rings is 1. The van der Waals surface area contributed by atoms with Gasteiger partial charge in [-0.2, -0.15) is 5.26 Å². The zero-order valence-electron chi connectivity index (χ0n) is 18.4. The highest BCUT2D eigenvalue weighted by Gasteiger charge is 2.18. The monoisotopic (exact) mass is 534 g/mol. The third-order valence-corrected chi connectivity index (χ3v) is 6.47. The van der Waals surface area contributed by atoms with Crippen molar-refractivity contribution in [1.29, 1.82) is 5.26 Å². The minimum absolute atomic E-state index is 0.262. The zero-order chi connectivity index (χ0) is 24.1. The smallest absolute Gasteiger partial charge is 0.343 e. The molecule has 0 radical (unpaired) electrons. The number of nitrogens with zero attached hydrogens (tertiary/aromatic N) is 2. The lowest BCUT2D eigenvalue weighted by Gasteiger charge is -2.14. The Morgan fingerprint density at radius 1 is 1.18 bits per heavy atom. The van der Waals surface area contributed by atoms with Gasteiger partial charge in [0.15, 0.2) is 11.5 Å². The Morgan fingerprint density at radius 3 is 2.62 bits per heavy atom. The number of para-hydroxylation sites is 1. The van der Waals surface area contributed by atoms with Gasteiger partial charge in [-0.1, -0.05) is 12.1 Å². The molecule has 1 aromatic heterocycles. The quantitative estimate of drug-likeness (QED) is 0.148. The van der Waals surface area contributed by atoms with Crippen LogP contribution in [-0.4, -0.2) is 24.7 Å². The van der Waals surface area contributed by atoms with Gasteiger partial charge in [-0.3, -0.25) is 0 Å². The second kappa shape index (κ2) is 10.5. The minimum atomic E-state index is -0.528. The lowest BCUT2D eigenvalue weighted by molar-refractivity contribution is 0.0727. The molecular formula is C26H19BrN2O4S. The molecule has 170 valence electrons. The zero-order valence-corrected chi connectivity index (χ0v) is 20.8. The molecule has 0 N–H and O–H groups in total. The molecule has 8 heteroatoms. The van der Waals surface area contributed by atoms with Gasteiger partial charge in [0.1, 0.15) is 16.8 Å². The van der Waals surface area contributed by atoms with Crippen LogP contribution in [0.4, 0.5) is 0 Å². The van der Waals surface area contributed by atoms with E-state index >= 15 is 0 Å². The van der Waals surface area contributed by atoms with E-state index in [2.05, 4.69) is 27.0 Å². The summed E-state index contributed by atoms with van der Waals surface area (Å²) in [5, 5.41) is 10.4. The number of methoxy groups -OCH3 is 1. The predicted molar refractivity (Wildman–Crippen MR) is 136 cm³/mol. The first kappa shape index (κ1) is 23.5. The molecule has 0 saturated heterocycles. The fourth-order valence-electron chi connectivity index (χ4n) is 3.21. The fourth-order valence-corrected chi connectivity index (χ4v) is 4.68. The van der Waals surface area contributed by atoms with E-state index in [1.807, 2.05) is 31.2 Å². The van der Waals surface area contributed by atoms with Crippen molar-refractivity contribution in [2.75, 3.05) is 13.7 Å². The van der Waals surface area contributed by atoms with Gasteiger partial charge in [-0.05, 0) is 83.0 Å². The summed E-state index contributed by atoms with van der Waals surface area (Å²) >= 11 is 4.94. The number of carbonyl (C=O) groups is 1. The number of hydrogen-bond donors (Lipinski definition) is 0. The molecule has 0 aliphatic heterocycles. The molecule has 0 aliphatic rings. The summed E-state index contributed by atoms with van der Waals surface area (Å²) in [4.78, 5) is 17.3. The van der Waals surface area contributed by atoms with Crippen LogP contribution in [0, 0.1) is 11.3 Å². The molecule has 1 heterocycles. The van der Waals surface area contributed by atoms with E-state index in [1.54, 1.807) is 49.6 Å². The molecular weight excluding hydrogens is 516 g/mol. The highest BCUT2D eigenvalue weighted by molar-refractivity contribution is 9.10. The second-order valence-electron chi connectivity index (χ2n) is 7.04. The van der Waals surface area contributed by atoms with E-state index in [9.17, 15) is 10.1 Å². The standard InChI is InChI=1S/C26H19BrN2O4S/c1-3-32-22-14-16(12-18(15-28)25-29-21-6-4-5-7-23(21)34-25)13-20(27)24(22)33-26(30)17-8-10-19(31-2)11-9-17/h4-14H,3H2,1-2H3/b18-12+. The van der Waals surface area contributed by atoms with Gasteiger partial charge in [0.25, 0.3) is 0 Å². The Labute approximate surface area is 209 Å². The van der Waals surface area contributed by atoms with Gasteiger partial charge in [-0.25, -0.2) is 9.78 Å². The van der Waals surface area contributed by atoms with Crippen molar-refractivity contribution >= 4 is 55.1 Å². The maximum atomic E-state index is 12.7. The molecule has 0 aliphatic carbocycles. The average Bonchev–Trinajstić information content (AvgIpc) is 3.29. The van der Waals surface area contributed by atoms with Crippen molar-refractivity contribution in [3.63, 3.8) is 0 Å². The molecule has 0 atom stereocenters. The lowest BCUT2D eigenvalue weighted by Crippen LogP contribution is -2.10. The number of hydrogen-bond acceptors (Lipinski definition) is 7. The number of carbonyl (C=O) groups excluding carboxylic acids is 1. The Morgan fingerprint density at radius 2 is 1.94 bits per heavy atom. The summed E-state index contributed by atoms with van der Waals surface area (Å²) in [6, 6.07) is 20.1.